The Morgan fingerprint density at radius 2 is 1.97 bits per heavy atom. The lowest BCUT2D eigenvalue weighted by atomic mass is 10.1. The Bertz CT molecular complexity index is 1300. The van der Waals surface area contributed by atoms with Crippen LogP contribution in [-0.2, 0) is 0 Å². The van der Waals surface area contributed by atoms with Gasteiger partial charge in [0, 0.05) is 41.0 Å². The quantitative estimate of drug-likeness (QED) is 0.328. The summed E-state index contributed by atoms with van der Waals surface area (Å²) in [6.07, 6.45) is 7.06. The van der Waals surface area contributed by atoms with Crippen LogP contribution in [0.25, 0.3) is 22.2 Å². The van der Waals surface area contributed by atoms with E-state index < -0.39 is 7.49 Å². The molecule has 170 valence electrons. The van der Waals surface area contributed by atoms with E-state index in [2.05, 4.69) is 27.4 Å². The van der Waals surface area contributed by atoms with E-state index in [1.165, 1.54) is 0 Å². The molecule has 0 bridgehead atoms. The second-order valence-electron chi connectivity index (χ2n) is 8.69. The van der Waals surface area contributed by atoms with Crippen molar-refractivity contribution < 1.29 is 9.63 Å². The van der Waals surface area contributed by atoms with Crippen molar-refractivity contribution in [1.82, 2.24) is 15.0 Å². The van der Waals surface area contributed by atoms with E-state index >= 15 is 0 Å². The molecule has 0 aliphatic carbocycles. The average molecular weight is 463 g/mol. The fourth-order valence-electron chi connectivity index (χ4n) is 4.48. The van der Waals surface area contributed by atoms with Crippen molar-refractivity contribution in [2.75, 3.05) is 24.8 Å². The summed E-state index contributed by atoms with van der Waals surface area (Å²) in [7, 11) is -0.553. The van der Waals surface area contributed by atoms with Crippen LogP contribution in [0.3, 0.4) is 0 Å². The molecule has 0 atom stereocenters. The van der Waals surface area contributed by atoms with E-state index in [1.807, 2.05) is 49.6 Å². The number of aromatic nitrogens is 3. The Balaban J connectivity index is 1.45. The van der Waals surface area contributed by atoms with Gasteiger partial charge in [0.1, 0.15) is 11.1 Å². The number of aromatic amines is 1. The van der Waals surface area contributed by atoms with E-state index in [0.717, 1.165) is 63.9 Å². The zero-order valence-electron chi connectivity index (χ0n) is 18.9. The Kier molecular flexibility index (Phi) is 5.79. The maximum atomic E-state index is 11.3. The summed E-state index contributed by atoms with van der Waals surface area (Å²) in [5, 5.41) is 5.39. The Morgan fingerprint density at radius 1 is 1.18 bits per heavy atom. The van der Waals surface area contributed by atoms with Crippen LogP contribution in [-0.4, -0.2) is 45.3 Å². The van der Waals surface area contributed by atoms with Gasteiger partial charge in [-0.05, 0) is 43.5 Å². The first-order chi connectivity index (χ1) is 16.0. The van der Waals surface area contributed by atoms with Crippen molar-refractivity contribution in [2.24, 2.45) is 5.73 Å². The van der Waals surface area contributed by atoms with Gasteiger partial charge in [0.05, 0.1) is 30.8 Å². The molecule has 5 rings (SSSR count). The molecule has 0 saturated carbocycles. The zero-order chi connectivity index (χ0) is 23.0. The van der Waals surface area contributed by atoms with Gasteiger partial charge in [0.2, 0.25) is 5.95 Å². The van der Waals surface area contributed by atoms with E-state index in [4.69, 9.17) is 15.5 Å². The van der Waals surface area contributed by atoms with Gasteiger partial charge in [-0.25, -0.2) is 14.9 Å². The molecule has 1 fully saturated rings. The standard InChI is InChI=1S/C25H29N5O2P/c1-16-14-28-25(30-24(16)20-15-27-21-6-4-3-5-19(20)21)29-22-8-7-18(13-23(22)32-2)33(31)11-9-17(26)10-12-33/h3-8,13-15,17,27,31H,9-12,26H2,1-2H3,(H,28,29,30)/q+1. The normalized spacial score (nSPS) is 20.7. The summed E-state index contributed by atoms with van der Waals surface area (Å²) in [6.45, 7) is 2.01. The zero-order valence-corrected chi connectivity index (χ0v) is 19.8. The van der Waals surface area contributed by atoms with Crippen LogP contribution >= 0.6 is 7.49 Å². The topological polar surface area (TPSA) is 109 Å². The minimum absolute atomic E-state index is 0.193. The lowest BCUT2D eigenvalue weighted by molar-refractivity contribution is 0.417. The van der Waals surface area contributed by atoms with Crippen LogP contribution in [0.4, 0.5) is 11.6 Å². The lowest BCUT2D eigenvalue weighted by Gasteiger charge is -2.28. The van der Waals surface area contributed by atoms with Gasteiger partial charge in [-0.3, -0.25) is 0 Å². The number of hydrogen-bond acceptors (Lipinski definition) is 6. The molecule has 1 aliphatic rings. The molecule has 0 amide bonds. The molecular formula is C25H29N5O2P+. The smallest absolute Gasteiger partial charge is 0.227 e. The Hall–Kier alpha value is -2.99. The lowest BCUT2D eigenvalue weighted by Crippen LogP contribution is -2.32. The number of nitrogens with two attached hydrogens (primary N) is 1. The molecule has 4 aromatic rings. The number of rotatable bonds is 5. The monoisotopic (exact) mass is 462 g/mol. The third kappa shape index (κ3) is 4.20. The summed E-state index contributed by atoms with van der Waals surface area (Å²) in [4.78, 5) is 23.9. The van der Waals surface area contributed by atoms with Crippen LogP contribution in [0.5, 0.6) is 5.75 Å². The fourth-order valence-corrected chi connectivity index (χ4v) is 7.45. The van der Waals surface area contributed by atoms with Gasteiger partial charge in [-0.2, -0.15) is 0 Å². The summed E-state index contributed by atoms with van der Waals surface area (Å²) >= 11 is 0. The molecule has 3 heterocycles. The maximum absolute atomic E-state index is 11.3. The first-order valence-electron chi connectivity index (χ1n) is 11.2. The number of H-pyrrole nitrogens is 1. The first kappa shape index (κ1) is 21.8. The number of para-hydroxylation sites is 1. The summed E-state index contributed by atoms with van der Waals surface area (Å²) in [5.41, 5.74) is 10.8. The molecule has 1 saturated heterocycles. The number of nitrogens with one attached hydrogen (secondary N) is 2. The predicted octanol–water partition coefficient (Wildman–Crippen LogP) is 4.36. The number of benzene rings is 2. The number of ether oxygens (including phenoxy) is 1. The van der Waals surface area contributed by atoms with Gasteiger partial charge in [0.15, 0.2) is 7.49 Å². The molecule has 2 aromatic heterocycles. The predicted molar refractivity (Wildman–Crippen MR) is 136 cm³/mol. The molecular weight excluding hydrogens is 433 g/mol. The number of hydrogen-bond donors (Lipinski definition) is 4. The second kappa shape index (κ2) is 8.75. The molecule has 2 aromatic carbocycles. The van der Waals surface area contributed by atoms with Gasteiger partial charge < -0.3 is 20.8 Å². The number of aryl methyl sites for hydroxylation is 1. The first-order valence-corrected chi connectivity index (χ1v) is 13.3. The third-order valence-corrected chi connectivity index (χ3v) is 9.70. The van der Waals surface area contributed by atoms with Crippen LogP contribution in [0.15, 0.2) is 54.9 Å². The highest BCUT2D eigenvalue weighted by Crippen LogP contribution is 2.57. The Labute approximate surface area is 193 Å². The maximum Gasteiger partial charge on any atom is 0.227 e. The Morgan fingerprint density at radius 3 is 2.76 bits per heavy atom. The van der Waals surface area contributed by atoms with Gasteiger partial charge >= 0.3 is 0 Å². The van der Waals surface area contributed by atoms with Gasteiger partial charge in [-0.15, -0.1) is 0 Å². The number of methoxy groups -OCH3 is 1. The summed E-state index contributed by atoms with van der Waals surface area (Å²) in [5.74, 6) is 1.15. The highest BCUT2D eigenvalue weighted by Gasteiger charge is 2.42. The van der Waals surface area contributed by atoms with E-state index in [-0.39, 0.29) is 6.04 Å². The van der Waals surface area contributed by atoms with Crippen LogP contribution < -0.4 is 21.1 Å². The molecule has 0 radical (unpaired) electrons. The average Bonchev–Trinajstić information content (AvgIpc) is 3.26. The third-order valence-electron chi connectivity index (χ3n) is 6.47. The highest BCUT2D eigenvalue weighted by molar-refractivity contribution is 7.77. The van der Waals surface area contributed by atoms with Crippen LogP contribution in [0, 0.1) is 6.92 Å². The number of anilines is 2. The van der Waals surface area contributed by atoms with Crippen molar-refractivity contribution in [2.45, 2.75) is 25.8 Å². The minimum atomic E-state index is -2.19. The second-order valence-corrected chi connectivity index (χ2v) is 11.9. The summed E-state index contributed by atoms with van der Waals surface area (Å²) in [6, 6.07) is 14.2. The van der Waals surface area contributed by atoms with Crippen molar-refractivity contribution >= 4 is 35.3 Å². The van der Waals surface area contributed by atoms with Crippen LogP contribution in [0.1, 0.15) is 18.4 Å². The number of nitrogens with zero attached hydrogens (tertiary/aromatic N) is 2. The molecule has 33 heavy (non-hydrogen) atoms. The fraction of sp³-hybridized carbons (Fsp3) is 0.280. The molecule has 5 N–H and O–H groups in total. The van der Waals surface area contributed by atoms with E-state index in [9.17, 15) is 4.89 Å². The summed E-state index contributed by atoms with van der Waals surface area (Å²) < 4.78 is 5.66. The van der Waals surface area contributed by atoms with Gasteiger partial charge in [-0.1, -0.05) is 18.2 Å². The van der Waals surface area contributed by atoms with E-state index in [0.29, 0.717) is 11.7 Å². The van der Waals surface area contributed by atoms with Crippen molar-refractivity contribution in [3.63, 3.8) is 0 Å². The highest BCUT2D eigenvalue weighted by atomic mass is 31.2. The molecule has 7 nitrogen and oxygen atoms in total. The van der Waals surface area contributed by atoms with Crippen molar-refractivity contribution in [3.8, 4) is 17.0 Å². The SMILES string of the molecule is COc1cc([P+]2(O)CCC(N)CC2)ccc1Nc1ncc(C)c(-c2c[nH]c3ccccc23)n1. The molecule has 1 aliphatic heterocycles. The molecule has 0 unspecified atom stereocenters. The minimum Gasteiger partial charge on any atom is -0.494 e. The molecule has 8 heteroatoms. The largest absolute Gasteiger partial charge is 0.494 e. The van der Waals surface area contributed by atoms with E-state index in [1.54, 1.807) is 7.11 Å². The van der Waals surface area contributed by atoms with Crippen LogP contribution in [0.2, 0.25) is 0 Å². The number of fused-ring (bicyclic) bond motifs is 1. The molecule has 0 spiro atoms. The van der Waals surface area contributed by atoms with Crippen molar-refractivity contribution in [3.05, 3.63) is 60.4 Å². The van der Waals surface area contributed by atoms with Gasteiger partial charge in [0.25, 0.3) is 0 Å². The van der Waals surface area contributed by atoms with Crippen molar-refractivity contribution in [1.29, 1.82) is 0 Å².